The number of rotatable bonds is 4. The van der Waals surface area contributed by atoms with Crippen molar-refractivity contribution in [1.29, 1.82) is 0 Å². The first-order valence-electron chi connectivity index (χ1n) is 9.06. The van der Waals surface area contributed by atoms with E-state index in [1.54, 1.807) is 30.6 Å². The van der Waals surface area contributed by atoms with Crippen LogP contribution in [0.15, 0.2) is 60.9 Å². The highest BCUT2D eigenvalue weighted by Crippen LogP contribution is 2.41. The molecule has 0 aliphatic carbocycles. The number of hydrogen-bond donors (Lipinski definition) is 1. The van der Waals surface area contributed by atoms with E-state index in [2.05, 4.69) is 9.97 Å². The maximum absolute atomic E-state index is 11.1. The largest absolute Gasteiger partial charge is 0.505 e. The van der Waals surface area contributed by atoms with E-state index >= 15 is 0 Å². The van der Waals surface area contributed by atoms with Crippen LogP contribution in [0.1, 0.15) is 28.3 Å². The van der Waals surface area contributed by atoms with Crippen LogP contribution in [0.4, 0.5) is 0 Å². The van der Waals surface area contributed by atoms with Gasteiger partial charge in [0, 0.05) is 51.4 Å². The Bertz CT molecular complexity index is 1190. The summed E-state index contributed by atoms with van der Waals surface area (Å²) in [6.45, 7) is 2.02. The standard InChI is InChI=1S/C23H17Cl3N2O/c1-13-4-6-27-17(7-13)11-19(14-8-15(24)10-16(25)9-14)20-12-21(26)18-3-2-5-28-22(18)23(20)29/h2-10,12,19,29H,11H2,1H3. The van der Waals surface area contributed by atoms with Crippen molar-refractivity contribution >= 4 is 45.7 Å². The van der Waals surface area contributed by atoms with E-state index in [0.717, 1.165) is 16.8 Å². The van der Waals surface area contributed by atoms with Gasteiger partial charge in [-0.1, -0.05) is 34.8 Å². The Kier molecular flexibility index (Phi) is 5.64. The summed E-state index contributed by atoms with van der Waals surface area (Å²) in [4.78, 5) is 8.83. The predicted molar refractivity (Wildman–Crippen MR) is 119 cm³/mol. The lowest BCUT2D eigenvalue weighted by atomic mass is 9.86. The lowest BCUT2D eigenvalue weighted by Crippen LogP contribution is -2.08. The molecule has 1 N–H and O–H groups in total. The fourth-order valence-corrected chi connectivity index (χ4v) is 4.39. The predicted octanol–water partition coefficient (Wildman–Crippen LogP) is 6.98. The van der Waals surface area contributed by atoms with Crippen LogP contribution in [0.2, 0.25) is 15.1 Å². The fraction of sp³-hybridized carbons (Fsp3) is 0.130. The molecule has 2 heterocycles. The molecule has 1 unspecified atom stereocenters. The first kappa shape index (κ1) is 20.0. The number of phenols is 1. The van der Waals surface area contributed by atoms with E-state index in [1.807, 2.05) is 37.3 Å². The molecule has 0 radical (unpaired) electrons. The molecule has 4 rings (SSSR count). The lowest BCUT2D eigenvalue weighted by Gasteiger charge is -2.21. The molecule has 1 atom stereocenters. The van der Waals surface area contributed by atoms with E-state index < -0.39 is 0 Å². The number of benzene rings is 2. The number of phenolic OH excluding ortho intramolecular Hbond substituents is 1. The van der Waals surface area contributed by atoms with Gasteiger partial charge in [-0.3, -0.25) is 9.97 Å². The van der Waals surface area contributed by atoms with Gasteiger partial charge in [-0.15, -0.1) is 0 Å². The van der Waals surface area contributed by atoms with Crippen LogP contribution in [0.3, 0.4) is 0 Å². The molecule has 146 valence electrons. The summed E-state index contributed by atoms with van der Waals surface area (Å²) in [6, 6.07) is 14.8. The molecular weight excluding hydrogens is 427 g/mol. The minimum atomic E-state index is -0.260. The van der Waals surface area contributed by atoms with E-state index in [-0.39, 0.29) is 11.7 Å². The van der Waals surface area contributed by atoms with Crippen molar-refractivity contribution in [3.8, 4) is 5.75 Å². The number of pyridine rings is 2. The molecule has 4 aromatic rings. The van der Waals surface area contributed by atoms with E-state index in [0.29, 0.717) is 38.0 Å². The quantitative estimate of drug-likeness (QED) is 0.370. The van der Waals surface area contributed by atoms with Crippen LogP contribution in [0.5, 0.6) is 5.75 Å². The normalized spacial score (nSPS) is 12.3. The summed E-state index contributed by atoms with van der Waals surface area (Å²) in [5.41, 5.74) is 3.99. The van der Waals surface area contributed by atoms with Crippen LogP contribution in [-0.2, 0) is 6.42 Å². The van der Waals surface area contributed by atoms with Crippen LogP contribution in [-0.4, -0.2) is 15.1 Å². The van der Waals surface area contributed by atoms with Gasteiger partial charge in [0.05, 0.1) is 5.02 Å². The maximum atomic E-state index is 11.1. The maximum Gasteiger partial charge on any atom is 0.145 e. The monoisotopic (exact) mass is 442 g/mol. The van der Waals surface area contributed by atoms with E-state index in [4.69, 9.17) is 34.8 Å². The van der Waals surface area contributed by atoms with Crippen molar-refractivity contribution in [2.45, 2.75) is 19.3 Å². The summed E-state index contributed by atoms with van der Waals surface area (Å²) < 4.78 is 0. The Labute approximate surface area is 183 Å². The topological polar surface area (TPSA) is 46.0 Å². The zero-order chi connectivity index (χ0) is 20.5. The van der Waals surface area contributed by atoms with Crippen molar-refractivity contribution in [2.75, 3.05) is 0 Å². The number of nitrogens with zero attached hydrogens (tertiary/aromatic N) is 2. The van der Waals surface area contributed by atoms with Gasteiger partial charge >= 0.3 is 0 Å². The molecule has 6 heteroatoms. The number of aromatic hydroxyl groups is 1. The molecule has 0 aliphatic rings. The smallest absolute Gasteiger partial charge is 0.145 e. The summed E-state index contributed by atoms with van der Waals surface area (Å²) in [7, 11) is 0. The number of fused-ring (bicyclic) bond motifs is 1. The fourth-order valence-electron chi connectivity index (χ4n) is 3.57. The highest BCUT2D eigenvalue weighted by Gasteiger charge is 2.23. The second-order valence-corrected chi connectivity index (χ2v) is 8.26. The molecule has 2 aromatic carbocycles. The number of halogens is 3. The van der Waals surface area contributed by atoms with E-state index in [9.17, 15) is 5.11 Å². The van der Waals surface area contributed by atoms with Crippen LogP contribution in [0.25, 0.3) is 10.9 Å². The van der Waals surface area contributed by atoms with Crippen LogP contribution in [0, 0.1) is 6.92 Å². The number of hydrogen-bond acceptors (Lipinski definition) is 3. The number of aryl methyl sites for hydroxylation is 1. The first-order chi connectivity index (χ1) is 13.9. The average molecular weight is 444 g/mol. The van der Waals surface area contributed by atoms with Crippen molar-refractivity contribution in [2.24, 2.45) is 0 Å². The third kappa shape index (κ3) is 4.18. The van der Waals surface area contributed by atoms with Crippen LogP contribution >= 0.6 is 34.8 Å². The van der Waals surface area contributed by atoms with Gasteiger partial charge in [0.15, 0.2) is 0 Å². The van der Waals surface area contributed by atoms with Crippen LogP contribution < -0.4 is 0 Å². The molecule has 3 nitrogen and oxygen atoms in total. The number of aromatic nitrogens is 2. The molecule has 0 fully saturated rings. The zero-order valence-corrected chi connectivity index (χ0v) is 17.8. The Balaban J connectivity index is 1.93. The summed E-state index contributed by atoms with van der Waals surface area (Å²) in [5.74, 6) is -0.164. The molecule has 0 bridgehead atoms. The second kappa shape index (κ2) is 8.19. The average Bonchev–Trinajstić information content (AvgIpc) is 2.68. The Morgan fingerprint density at radius 1 is 0.931 bits per heavy atom. The van der Waals surface area contributed by atoms with Crippen molar-refractivity contribution in [3.05, 3.63) is 98.4 Å². The molecular formula is C23H17Cl3N2O. The van der Waals surface area contributed by atoms with Gasteiger partial charge < -0.3 is 5.11 Å². The summed E-state index contributed by atoms with van der Waals surface area (Å²) in [5, 5.41) is 13.3. The molecule has 0 saturated heterocycles. The highest BCUT2D eigenvalue weighted by atomic mass is 35.5. The van der Waals surface area contributed by atoms with Gasteiger partial charge in [-0.2, -0.15) is 0 Å². The van der Waals surface area contributed by atoms with Gasteiger partial charge in [0.2, 0.25) is 0 Å². The third-order valence-corrected chi connectivity index (χ3v) is 5.64. The second-order valence-electron chi connectivity index (χ2n) is 6.98. The molecule has 0 spiro atoms. The molecule has 2 aromatic heterocycles. The van der Waals surface area contributed by atoms with Gasteiger partial charge in [0.1, 0.15) is 11.3 Å². The van der Waals surface area contributed by atoms with Gasteiger partial charge in [-0.05, 0) is 66.6 Å². The summed E-state index contributed by atoms with van der Waals surface area (Å²) >= 11 is 19.1. The van der Waals surface area contributed by atoms with Crippen molar-refractivity contribution in [1.82, 2.24) is 9.97 Å². The first-order valence-corrected chi connectivity index (χ1v) is 10.2. The Morgan fingerprint density at radius 2 is 1.69 bits per heavy atom. The van der Waals surface area contributed by atoms with Crippen molar-refractivity contribution in [3.63, 3.8) is 0 Å². The molecule has 0 amide bonds. The molecule has 29 heavy (non-hydrogen) atoms. The Morgan fingerprint density at radius 3 is 2.41 bits per heavy atom. The van der Waals surface area contributed by atoms with Crippen molar-refractivity contribution < 1.29 is 5.11 Å². The lowest BCUT2D eigenvalue weighted by molar-refractivity contribution is 0.469. The van der Waals surface area contributed by atoms with Gasteiger partial charge in [0.25, 0.3) is 0 Å². The Hall–Kier alpha value is -2.33. The molecule has 0 saturated carbocycles. The minimum absolute atomic E-state index is 0.0961. The molecule has 0 aliphatic heterocycles. The zero-order valence-electron chi connectivity index (χ0n) is 15.5. The van der Waals surface area contributed by atoms with E-state index in [1.165, 1.54) is 0 Å². The SMILES string of the molecule is Cc1ccnc(CC(c2cc(Cl)cc(Cl)c2)c2cc(Cl)c3cccnc3c2O)c1. The van der Waals surface area contributed by atoms with Gasteiger partial charge in [-0.25, -0.2) is 0 Å². The third-order valence-electron chi connectivity index (χ3n) is 4.89. The summed E-state index contributed by atoms with van der Waals surface area (Å²) in [6.07, 6.45) is 3.96. The highest BCUT2D eigenvalue weighted by molar-refractivity contribution is 6.36. The minimum Gasteiger partial charge on any atom is -0.505 e.